The second-order valence-electron chi connectivity index (χ2n) is 8.59. The first-order valence-electron chi connectivity index (χ1n) is 11.6. The van der Waals surface area contributed by atoms with Gasteiger partial charge in [-0.15, -0.1) is 0 Å². The Hall–Kier alpha value is -4.53. The molecule has 4 heterocycles. The maximum absolute atomic E-state index is 13.3. The average molecular weight is 502 g/mol. The molecule has 9 heteroatoms. The van der Waals surface area contributed by atoms with E-state index in [1.807, 2.05) is 37.3 Å². The number of pyridine rings is 3. The van der Waals surface area contributed by atoms with Crippen molar-refractivity contribution in [3.63, 3.8) is 0 Å². The number of amides is 1. The number of alkyl halides is 2. The Balaban J connectivity index is 1.52. The second kappa shape index (κ2) is 10.2. The first-order chi connectivity index (χ1) is 17.9. The number of fused-ring (bicyclic) bond motifs is 1. The highest BCUT2D eigenvalue weighted by Crippen LogP contribution is 2.37. The van der Waals surface area contributed by atoms with Gasteiger partial charge >= 0.3 is 0 Å². The molecule has 0 aliphatic heterocycles. The van der Waals surface area contributed by atoms with Crippen LogP contribution in [0.4, 0.5) is 19.0 Å². The molecule has 0 aliphatic carbocycles. The summed E-state index contributed by atoms with van der Waals surface area (Å²) in [5, 5.41) is 2.65. The zero-order chi connectivity index (χ0) is 25.9. The van der Waals surface area contributed by atoms with E-state index in [2.05, 4.69) is 20.3 Å². The fourth-order valence-corrected chi connectivity index (χ4v) is 4.28. The van der Waals surface area contributed by atoms with Crippen LogP contribution in [0.1, 0.15) is 23.6 Å². The number of hydrogen-bond acceptors (Lipinski definition) is 4. The number of benzene rings is 1. The van der Waals surface area contributed by atoms with Crippen LogP contribution in [0.5, 0.6) is 0 Å². The van der Waals surface area contributed by atoms with Crippen LogP contribution in [0.3, 0.4) is 0 Å². The second-order valence-corrected chi connectivity index (χ2v) is 8.59. The Morgan fingerprint density at radius 1 is 1.00 bits per heavy atom. The number of hydrogen-bond donors (Lipinski definition) is 2. The van der Waals surface area contributed by atoms with E-state index in [1.165, 1.54) is 18.3 Å². The summed E-state index contributed by atoms with van der Waals surface area (Å²) in [5.74, 6) is -2.15. The summed E-state index contributed by atoms with van der Waals surface area (Å²) in [7, 11) is 0. The van der Waals surface area contributed by atoms with Crippen LogP contribution < -0.4 is 5.32 Å². The summed E-state index contributed by atoms with van der Waals surface area (Å²) in [6.45, 7) is 1.91. The SMILES string of the molecule is Cc1ccc2[nH]c(-c3ccnc(NC(=O)[C@H](CC(F)F)c4ccc(F)cc4)c3)c(-c3ccccn3)c2n1. The highest BCUT2D eigenvalue weighted by atomic mass is 19.3. The number of halogens is 3. The first-order valence-corrected chi connectivity index (χ1v) is 11.6. The molecule has 186 valence electrons. The van der Waals surface area contributed by atoms with Crippen molar-refractivity contribution in [2.24, 2.45) is 0 Å². The summed E-state index contributed by atoms with van der Waals surface area (Å²) in [6.07, 6.45) is -0.195. The summed E-state index contributed by atoms with van der Waals surface area (Å²) in [5.41, 5.74) is 5.67. The van der Waals surface area contributed by atoms with Gasteiger partial charge in [-0.05, 0) is 61.0 Å². The van der Waals surface area contributed by atoms with Crippen LogP contribution in [-0.2, 0) is 4.79 Å². The van der Waals surface area contributed by atoms with Crippen LogP contribution in [-0.4, -0.2) is 32.3 Å². The standard InChI is InChI=1S/C28H22F3N5O/c1-16-5-10-22-27(34-16)25(21-4-2-3-12-32-21)26(35-22)18-11-13-33-24(14-18)36-28(37)20(15-23(30)31)17-6-8-19(29)9-7-17/h2-14,20,23,35H,15H2,1H3,(H,33,36,37)/t20-/m1/s1. The normalized spacial score (nSPS) is 12.1. The van der Waals surface area contributed by atoms with Crippen molar-refractivity contribution in [2.75, 3.05) is 5.32 Å². The molecule has 0 saturated carbocycles. The van der Waals surface area contributed by atoms with E-state index in [4.69, 9.17) is 4.98 Å². The number of carbonyl (C=O) groups is 1. The molecule has 4 aromatic heterocycles. The van der Waals surface area contributed by atoms with Gasteiger partial charge in [-0.2, -0.15) is 0 Å². The third-order valence-electron chi connectivity index (χ3n) is 6.00. The number of anilines is 1. The van der Waals surface area contributed by atoms with Gasteiger partial charge < -0.3 is 10.3 Å². The van der Waals surface area contributed by atoms with Crippen molar-refractivity contribution < 1.29 is 18.0 Å². The van der Waals surface area contributed by atoms with Crippen molar-refractivity contribution in [1.82, 2.24) is 19.9 Å². The summed E-state index contributed by atoms with van der Waals surface area (Å²) >= 11 is 0. The van der Waals surface area contributed by atoms with Crippen LogP contribution in [0.2, 0.25) is 0 Å². The van der Waals surface area contributed by atoms with Crippen molar-refractivity contribution in [2.45, 2.75) is 25.7 Å². The molecule has 6 nitrogen and oxygen atoms in total. The fourth-order valence-electron chi connectivity index (χ4n) is 4.28. The number of carbonyl (C=O) groups excluding carboxylic acids is 1. The summed E-state index contributed by atoms with van der Waals surface area (Å²) in [4.78, 5) is 29.9. The molecule has 1 atom stereocenters. The highest BCUT2D eigenvalue weighted by Gasteiger charge is 2.26. The van der Waals surface area contributed by atoms with E-state index in [0.29, 0.717) is 11.1 Å². The zero-order valence-electron chi connectivity index (χ0n) is 19.8. The van der Waals surface area contributed by atoms with Crippen molar-refractivity contribution in [3.8, 4) is 22.5 Å². The van der Waals surface area contributed by atoms with Gasteiger partial charge in [0, 0.05) is 30.1 Å². The third kappa shape index (κ3) is 5.20. The molecule has 0 bridgehead atoms. The molecule has 1 amide bonds. The van der Waals surface area contributed by atoms with Crippen LogP contribution >= 0.6 is 0 Å². The Morgan fingerprint density at radius 2 is 1.81 bits per heavy atom. The summed E-state index contributed by atoms with van der Waals surface area (Å²) in [6, 6.07) is 17.8. The molecule has 0 saturated heterocycles. The molecule has 5 rings (SSSR count). The van der Waals surface area contributed by atoms with Gasteiger partial charge in [0.25, 0.3) is 0 Å². The van der Waals surface area contributed by atoms with Gasteiger partial charge in [0.1, 0.15) is 11.6 Å². The highest BCUT2D eigenvalue weighted by molar-refractivity contribution is 6.01. The van der Waals surface area contributed by atoms with Gasteiger partial charge in [0.05, 0.1) is 33.9 Å². The van der Waals surface area contributed by atoms with Crippen molar-refractivity contribution in [3.05, 3.63) is 96.2 Å². The molecule has 0 unspecified atom stereocenters. The molecule has 0 fully saturated rings. The number of nitrogens with zero attached hydrogens (tertiary/aromatic N) is 3. The maximum atomic E-state index is 13.3. The lowest BCUT2D eigenvalue weighted by Crippen LogP contribution is -2.23. The minimum Gasteiger partial charge on any atom is -0.353 e. The average Bonchev–Trinajstić information content (AvgIpc) is 3.27. The number of nitrogens with one attached hydrogen (secondary N) is 2. The number of aromatic nitrogens is 4. The Morgan fingerprint density at radius 3 is 2.54 bits per heavy atom. The zero-order valence-corrected chi connectivity index (χ0v) is 19.8. The number of H-pyrrole nitrogens is 1. The molecule has 0 spiro atoms. The van der Waals surface area contributed by atoms with Crippen LogP contribution in [0.15, 0.2) is 79.1 Å². The van der Waals surface area contributed by atoms with E-state index >= 15 is 0 Å². The first kappa shape index (κ1) is 24.2. The summed E-state index contributed by atoms with van der Waals surface area (Å²) < 4.78 is 39.9. The fraction of sp³-hybridized carbons (Fsp3) is 0.143. The van der Waals surface area contributed by atoms with Crippen LogP contribution in [0.25, 0.3) is 33.5 Å². The smallest absolute Gasteiger partial charge is 0.239 e. The van der Waals surface area contributed by atoms with E-state index in [1.54, 1.807) is 18.3 Å². The van der Waals surface area contributed by atoms with Crippen LogP contribution in [0, 0.1) is 12.7 Å². The maximum Gasteiger partial charge on any atom is 0.239 e. The predicted molar refractivity (Wildman–Crippen MR) is 136 cm³/mol. The van der Waals surface area contributed by atoms with Gasteiger partial charge in [-0.1, -0.05) is 18.2 Å². The lowest BCUT2D eigenvalue weighted by molar-refractivity contribution is -0.118. The minimum atomic E-state index is -2.72. The molecule has 1 aromatic carbocycles. The minimum absolute atomic E-state index is 0.193. The molecule has 0 aliphatic rings. The molecule has 37 heavy (non-hydrogen) atoms. The number of aryl methyl sites for hydroxylation is 1. The van der Waals surface area contributed by atoms with Gasteiger partial charge in [-0.25, -0.2) is 18.2 Å². The van der Waals surface area contributed by atoms with Gasteiger partial charge in [0.15, 0.2) is 0 Å². The number of rotatable bonds is 7. The van der Waals surface area contributed by atoms with E-state index in [-0.39, 0.29) is 5.82 Å². The third-order valence-corrected chi connectivity index (χ3v) is 6.00. The molecular weight excluding hydrogens is 479 g/mol. The van der Waals surface area contributed by atoms with Gasteiger partial charge in [-0.3, -0.25) is 14.8 Å². The molecule has 5 aromatic rings. The monoisotopic (exact) mass is 501 g/mol. The number of aromatic amines is 1. The van der Waals surface area contributed by atoms with E-state index in [9.17, 15) is 18.0 Å². The Labute approximate surface area is 210 Å². The largest absolute Gasteiger partial charge is 0.353 e. The van der Waals surface area contributed by atoms with E-state index < -0.39 is 30.5 Å². The Kier molecular flexibility index (Phi) is 6.68. The van der Waals surface area contributed by atoms with E-state index in [0.717, 1.165) is 45.8 Å². The van der Waals surface area contributed by atoms with Crippen molar-refractivity contribution >= 4 is 22.8 Å². The predicted octanol–water partition coefficient (Wildman–Crippen LogP) is 6.51. The quantitative estimate of drug-likeness (QED) is 0.266. The molecule has 0 radical (unpaired) electrons. The topological polar surface area (TPSA) is 83.6 Å². The Bertz CT molecular complexity index is 1550. The van der Waals surface area contributed by atoms with Gasteiger partial charge in [0.2, 0.25) is 12.3 Å². The molecule has 2 N–H and O–H groups in total. The lowest BCUT2D eigenvalue weighted by Gasteiger charge is -2.17. The molecular formula is C28H22F3N5O. The van der Waals surface area contributed by atoms with Crippen molar-refractivity contribution in [1.29, 1.82) is 0 Å². The lowest BCUT2D eigenvalue weighted by atomic mass is 9.95.